The zero-order valence-electron chi connectivity index (χ0n) is 14.9. The molecule has 4 fully saturated rings. The van der Waals surface area contributed by atoms with Crippen molar-refractivity contribution in [1.82, 2.24) is 4.90 Å². The summed E-state index contributed by atoms with van der Waals surface area (Å²) in [5.74, 6) is 0.600. The van der Waals surface area contributed by atoms with Gasteiger partial charge >= 0.3 is 0 Å². The number of rotatable bonds is 1. The molecule has 1 aromatic carbocycles. The van der Waals surface area contributed by atoms with Crippen molar-refractivity contribution in [3.63, 3.8) is 0 Å². The van der Waals surface area contributed by atoms with Gasteiger partial charge in [-0.15, -0.1) is 0 Å². The van der Waals surface area contributed by atoms with Gasteiger partial charge in [-0.05, 0) is 63.1 Å². The van der Waals surface area contributed by atoms with Crippen LogP contribution in [0.4, 0.5) is 5.69 Å². The van der Waals surface area contributed by atoms with Crippen molar-refractivity contribution in [3.8, 4) is 0 Å². The summed E-state index contributed by atoms with van der Waals surface area (Å²) in [6, 6.07) is 9.80. The SMILES string of the molecule is CC1CCC2(CC1)[C@H]1C(=O)N(c3ccccc3)C(=O)[C@@H]1[C@H]1CCCN12. The first kappa shape index (κ1) is 15.6. The minimum Gasteiger partial charge on any atom is -0.293 e. The molecule has 0 aromatic heterocycles. The van der Waals surface area contributed by atoms with Crippen LogP contribution in [0.2, 0.25) is 0 Å². The fourth-order valence-electron chi connectivity index (χ4n) is 6.23. The second kappa shape index (κ2) is 5.41. The number of nitrogens with zero attached hydrogens (tertiary/aromatic N) is 2. The minimum absolute atomic E-state index is 0.0496. The zero-order valence-corrected chi connectivity index (χ0v) is 14.9. The van der Waals surface area contributed by atoms with Crippen LogP contribution in [0.5, 0.6) is 0 Å². The number of fused-ring (bicyclic) bond motifs is 5. The molecule has 5 rings (SSSR count). The molecule has 1 aliphatic carbocycles. The highest BCUT2D eigenvalue weighted by atomic mass is 16.2. The second-order valence-corrected chi connectivity index (χ2v) is 8.54. The molecule has 0 radical (unpaired) electrons. The molecule has 0 unspecified atom stereocenters. The largest absolute Gasteiger partial charge is 0.293 e. The van der Waals surface area contributed by atoms with E-state index >= 15 is 0 Å². The molecule has 3 atom stereocenters. The Morgan fingerprint density at radius 2 is 1.72 bits per heavy atom. The summed E-state index contributed by atoms with van der Waals surface area (Å²) in [7, 11) is 0. The molecule has 4 aliphatic rings. The number of carbonyl (C=O) groups excluding carboxylic acids is 2. The Bertz CT molecular complexity index is 708. The van der Waals surface area contributed by atoms with E-state index in [2.05, 4.69) is 11.8 Å². The zero-order chi connectivity index (χ0) is 17.2. The van der Waals surface area contributed by atoms with Crippen LogP contribution in [-0.2, 0) is 9.59 Å². The molecule has 25 heavy (non-hydrogen) atoms. The molecule has 1 spiro atoms. The third-order valence-corrected chi connectivity index (χ3v) is 7.37. The van der Waals surface area contributed by atoms with Crippen molar-refractivity contribution in [2.45, 2.75) is 57.0 Å². The molecular formula is C21H26N2O2. The van der Waals surface area contributed by atoms with Crippen LogP contribution in [0.15, 0.2) is 30.3 Å². The molecule has 3 saturated heterocycles. The molecule has 3 aliphatic heterocycles. The lowest BCUT2D eigenvalue weighted by atomic mass is 9.68. The average molecular weight is 338 g/mol. The number of amides is 2. The lowest BCUT2D eigenvalue weighted by Crippen LogP contribution is -2.54. The molecule has 2 amide bonds. The Labute approximate surface area is 149 Å². The quantitative estimate of drug-likeness (QED) is 0.738. The first-order valence-corrected chi connectivity index (χ1v) is 9.83. The van der Waals surface area contributed by atoms with Gasteiger partial charge in [0.15, 0.2) is 0 Å². The maximum absolute atomic E-state index is 13.5. The number of anilines is 1. The first-order valence-electron chi connectivity index (χ1n) is 9.83. The predicted octanol–water partition coefficient (Wildman–Crippen LogP) is 3.22. The topological polar surface area (TPSA) is 40.6 Å². The van der Waals surface area contributed by atoms with E-state index in [1.54, 1.807) is 0 Å². The minimum atomic E-state index is -0.127. The van der Waals surface area contributed by atoms with Crippen molar-refractivity contribution in [1.29, 1.82) is 0 Å². The molecule has 0 bridgehead atoms. The van der Waals surface area contributed by atoms with Crippen molar-refractivity contribution in [2.75, 3.05) is 11.4 Å². The van der Waals surface area contributed by atoms with Crippen molar-refractivity contribution in [2.24, 2.45) is 17.8 Å². The number of para-hydroxylation sites is 1. The van der Waals surface area contributed by atoms with Gasteiger partial charge in [-0.1, -0.05) is 25.1 Å². The lowest BCUT2D eigenvalue weighted by Gasteiger charge is -2.46. The summed E-state index contributed by atoms with van der Waals surface area (Å²) >= 11 is 0. The van der Waals surface area contributed by atoms with Crippen molar-refractivity contribution < 1.29 is 9.59 Å². The van der Waals surface area contributed by atoms with E-state index in [0.717, 1.165) is 43.8 Å². The van der Waals surface area contributed by atoms with Crippen molar-refractivity contribution >= 4 is 17.5 Å². The Balaban J connectivity index is 1.58. The molecule has 4 heteroatoms. The monoisotopic (exact) mass is 338 g/mol. The van der Waals surface area contributed by atoms with Crippen LogP contribution >= 0.6 is 0 Å². The molecule has 3 heterocycles. The normalized spacial score (nSPS) is 40.8. The van der Waals surface area contributed by atoms with E-state index in [9.17, 15) is 9.59 Å². The van der Waals surface area contributed by atoms with Crippen molar-refractivity contribution in [3.05, 3.63) is 30.3 Å². The fraction of sp³-hybridized carbons (Fsp3) is 0.619. The molecule has 4 nitrogen and oxygen atoms in total. The van der Waals surface area contributed by atoms with E-state index < -0.39 is 0 Å². The highest BCUT2D eigenvalue weighted by Gasteiger charge is 2.69. The second-order valence-electron chi connectivity index (χ2n) is 8.54. The number of hydrogen-bond donors (Lipinski definition) is 0. The van der Waals surface area contributed by atoms with Gasteiger partial charge in [-0.2, -0.15) is 0 Å². The number of carbonyl (C=O) groups is 2. The summed E-state index contributed by atoms with van der Waals surface area (Å²) in [6.45, 7) is 3.39. The Kier molecular flexibility index (Phi) is 3.37. The van der Waals surface area contributed by atoms with E-state index in [4.69, 9.17) is 0 Å². The van der Waals surface area contributed by atoms with Gasteiger partial charge in [-0.3, -0.25) is 14.5 Å². The van der Waals surface area contributed by atoms with Gasteiger partial charge in [0.25, 0.3) is 0 Å². The molecular weight excluding hydrogens is 312 g/mol. The summed E-state index contributed by atoms with van der Waals surface area (Å²) in [5.41, 5.74) is 0.685. The summed E-state index contributed by atoms with van der Waals surface area (Å²) in [5, 5.41) is 0. The van der Waals surface area contributed by atoms with Crippen LogP contribution in [0.1, 0.15) is 45.4 Å². The third kappa shape index (κ3) is 1.97. The van der Waals surface area contributed by atoms with E-state index in [1.807, 2.05) is 30.3 Å². The smallest absolute Gasteiger partial charge is 0.239 e. The highest BCUT2D eigenvalue weighted by Crippen LogP contribution is 2.58. The highest BCUT2D eigenvalue weighted by molar-refractivity contribution is 6.23. The lowest BCUT2D eigenvalue weighted by molar-refractivity contribution is -0.125. The number of benzene rings is 1. The third-order valence-electron chi connectivity index (χ3n) is 7.37. The molecule has 1 aromatic rings. The molecule has 1 saturated carbocycles. The summed E-state index contributed by atoms with van der Waals surface area (Å²) < 4.78 is 0. The van der Waals surface area contributed by atoms with Gasteiger partial charge in [0.05, 0.1) is 17.5 Å². The standard InChI is InChI=1S/C21H26N2O2/c1-14-9-11-21(12-10-14)18-17(16-8-5-13-22(16)21)19(24)23(20(18)25)15-6-3-2-4-7-15/h2-4,6-7,14,16-18H,5,8-13H2,1H3/t14?,16-,17-,18-,21?/m1/s1. The number of imide groups is 1. The van der Waals surface area contributed by atoms with Gasteiger partial charge in [0.2, 0.25) is 11.8 Å². The number of hydrogen-bond acceptors (Lipinski definition) is 3. The fourth-order valence-corrected chi connectivity index (χ4v) is 6.23. The Morgan fingerprint density at radius 1 is 1.00 bits per heavy atom. The van der Waals surface area contributed by atoms with Gasteiger partial charge in [0, 0.05) is 11.6 Å². The van der Waals surface area contributed by atoms with Gasteiger partial charge in [0.1, 0.15) is 0 Å². The average Bonchev–Trinajstić information content (AvgIpc) is 3.26. The predicted molar refractivity (Wildman–Crippen MR) is 96.0 cm³/mol. The van der Waals surface area contributed by atoms with E-state index in [0.29, 0.717) is 0 Å². The van der Waals surface area contributed by atoms with Crippen LogP contribution in [0.3, 0.4) is 0 Å². The van der Waals surface area contributed by atoms with Crippen LogP contribution < -0.4 is 4.90 Å². The van der Waals surface area contributed by atoms with E-state index in [1.165, 1.54) is 17.7 Å². The van der Waals surface area contributed by atoms with Gasteiger partial charge in [-0.25, -0.2) is 4.90 Å². The Morgan fingerprint density at radius 3 is 2.44 bits per heavy atom. The Hall–Kier alpha value is -1.68. The maximum atomic E-state index is 13.5. The summed E-state index contributed by atoms with van der Waals surface area (Å²) in [6.07, 6.45) is 6.75. The van der Waals surface area contributed by atoms with Crippen LogP contribution in [-0.4, -0.2) is 34.8 Å². The first-order chi connectivity index (χ1) is 12.1. The van der Waals surface area contributed by atoms with E-state index in [-0.39, 0.29) is 35.2 Å². The summed E-state index contributed by atoms with van der Waals surface area (Å²) in [4.78, 5) is 30.9. The van der Waals surface area contributed by atoms with Crippen LogP contribution in [0.25, 0.3) is 0 Å². The van der Waals surface area contributed by atoms with Gasteiger partial charge < -0.3 is 0 Å². The maximum Gasteiger partial charge on any atom is 0.239 e. The van der Waals surface area contributed by atoms with Crippen LogP contribution in [0, 0.1) is 17.8 Å². The molecule has 132 valence electrons. The molecule has 0 N–H and O–H groups in total.